The van der Waals surface area contributed by atoms with Gasteiger partial charge >= 0.3 is 5.97 Å². The van der Waals surface area contributed by atoms with Crippen LogP contribution in [0.1, 0.15) is 31.3 Å². The molecule has 0 N–H and O–H groups in total. The molecule has 0 fully saturated rings. The third-order valence-electron chi connectivity index (χ3n) is 1.25. The first kappa shape index (κ1) is 11.1. The van der Waals surface area contributed by atoms with Crippen LogP contribution in [-0.2, 0) is 4.74 Å². The highest BCUT2D eigenvalue weighted by atomic mass is 79.9. The first-order valence-electron chi connectivity index (χ1n) is 4.10. The minimum Gasteiger partial charge on any atom is -0.455 e. The molecule has 0 saturated heterocycles. The Bertz CT molecular complexity index is 347. The van der Waals surface area contributed by atoms with Gasteiger partial charge in [-0.15, -0.1) is 0 Å². The Kier molecular flexibility index (Phi) is 3.21. The highest BCUT2D eigenvalue weighted by Crippen LogP contribution is 2.15. The van der Waals surface area contributed by atoms with Crippen LogP contribution in [0, 0.1) is 0 Å². The molecule has 0 saturated carbocycles. The van der Waals surface area contributed by atoms with E-state index in [9.17, 15) is 4.79 Å². The molecule has 0 aromatic carbocycles. The normalized spacial score (nSPS) is 11.1. The molecule has 0 aliphatic rings. The quantitative estimate of drug-likeness (QED) is 0.725. The van der Waals surface area contributed by atoms with Gasteiger partial charge in [0.25, 0.3) is 0 Å². The van der Waals surface area contributed by atoms with E-state index in [4.69, 9.17) is 4.74 Å². The van der Waals surface area contributed by atoms with Crippen molar-refractivity contribution in [3.8, 4) is 0 Å². The Hall–Kier alpha value is -0.970. The van der Waals surface area contributed by atoms with Gasteiger partial charge in [-0.05, 0) is 36.7 Å². The van der Waals surface area contributed by atoms with Crippen molar-refractivity contribution in [2.24, 2.45) is 0 Å². The summed E-state index contributed by atoms with van der Waals surface area (Å²) in [5.41, 5.74) is -0.323. The predicted molar refractivity (Wildman–Crippen MR) is 54.9 cm³/mol. The number of ether oxygens (including phenoxy) is 1. The second-order valence-electron chi connectivity index (χ2n) is 3.70. The zero-order valence-electron chi connectivity index (χ0n) is 8.24. The molecule has 0 spiro atoms. The van der Waals surface area contributed by atoms with Crippen molar-refractivity contribution in [2.45, 2.75) is 26.4 Å². The molecular weight excluding hydrogens is 248 g/mol. The molecule has 0 radical (unpaired) electrons. The van der Waals surface area contributed by atoms with Crippen LogP contribution in [0.5, 0.6) is 0 Å². The Balaban J connectivity index is 2.86. The molecular formula is C9H11BrN2O2. The molecule has 1 rings (SSSR count). The number of esters is 1. The maximum atomic E-state index is 11.5. The van der Waals surface area contributed by atoms with Crippen molar-refractivity contribution in [3.05, 3.63) is 22.7 Å². The largest absolute Gasteiger partial charge is 0.455 e. The second-order valence-corrected chi connectivity index (χ2v) is 4.45. The van der Waals surface area contributed by atoms with E-state index in [1.165, 1.54) is 12.4 Å². The molecule has 0 atom stereocenters. The number of hydrogen-bond donors (Lipinski definition) is 0. The number of hydrogen-bond acceptors (Lipinski definition) is 4. The smallest absolute Gasteiger partial charge is 0.360 e. The second kappa shape index (κ2) is 4.04. The molecule has 5 heteroatoms. The van der Waals surface area contributed by atoms with Crippen LogP contribution >= 0.6 is 15.9 Å². The molecule has 14 heavy (non-hydrogen) atoms. The van der Waals surface area contributed by atoms with E-state index in [2.05, 4.69) is 25.9 Å². The SMILES string of the molecule is CC(C)(C)OC(=O)c1nccnc1Br. The number of carbonyl (C=O) groups excluding carboxylic acids is 1. The third kappa shape index (κ3) is 3.06. The minimum atomic E-state index is -0.520. The molecule has 0 aliphatic carbocycles. The van der Waals surface area contributed by atoms with Crippen LogP contribution in [0.3, 0.4) is 0 Å². The van der Waals surface area contributed by atoms with Gasteiger partial charge in [-0.3, -0.25) is 0 Å². The van der Waals surface area contributed by atoms with E-state index in [1.807, 2.05) is 0 Å². The number of aromatic nitrogens is 2. The summed E-state index contributed by atoms with van der Waals surface area (Å²) in [6.45, 7) is 5.40. The molecule has 4 nitrogen and oxygen atoms in total. The first-order valence-corrected chi connectivity index (χ1v) is 4.89. The predicted octanol–water partition coefficient (Wildman–Crippen LogP) is 2.19. The van der Waals surface area contributed by atoms with Crippen LogP contribution in [0.2, 0.25) is 0 Å². The van der Waals surface area contributed by atoms with E-state index < -0.39 is 11.6 Å². The Labute approximate surface area is 90.8 Å². The average Bonchev–Trinajstić information content (AvgIpc) is 2.01. The summed E-state index contributed by atoms with van der Waals surface area (Å²) in [4.78, 5) is 19.3. The maximum absolute atomic E-state index is 11.5. The standard InChI is InChI=1S/C9H11BrN2O2/c1-9(2,3)14-8(13)6-7(10)12-5-4-11-6/h4-5H,1-3H3. The van der Waals surface area contributed by atoms with E-state index >= 15 is 0 Å². The van der Waals surface area contributed by atoms with Gasteiger partial charge < -0.3 is 4.74 Å². The number of nitrogens with zero attached hydrogens (tertiary/aromatic N) is 2. The van der Waals surface area contributed by atoms with E-state index in [1.54, 1.807) is 20.8 Å². The molecule has 76 valence electrons. The average molecular weight is 259 g/mol. The number of rotatable bonds is 1. The fourth-order valence-corrected chi connectivity index (χ4v) is 1.17. The third-order valence-corrected chi connectivity index (χ3v) is 1.83. The van der Waals surface area contributed by atoms with Gasteiger partial charge in [0.15, 0.2) is 5.69 Å². The fraction of sp³-hybridized carbons (Fsp3) is 0.444. The summed E-state index contributed by atoms with van der Waals surface area (Å²) in [5.74, 6) is -0.475. The molecule has 0 bridgehead atoms. The number of halogens is 1. The van der Waals surface area contributed by atoms with E-state index in [-0.39, 0.29) is 5.69 Å². The maximum Gasteiger partial charge on any atom is 0.360 e. The lowest BCUT2D eigenvalue weighted by Crippen LogP contribution is -2.24. The van der Waals surface area contributed by atoms with Crippen molar-refractivity contribution in [1.29, 1.82) is 0 Å². The van der Waals surface area contributed by atoms with Gasteiger partial charge in [0, 0.05) is 12.4 Å². The van der Waals surface area contributed by atoms with Gasteiger partial charge in [-0.2, -0.15) is 0 Å². The van der Waals surface area contributed by atoms with Gasteiger partial charge in [0.1, 0.15) is 10.2 Å². The van der Waals surface area contributed by atoms with Gasteiger partial charge in [0.2, 0.25) is 0 Å². The van der Waals surface area contributed by atoms with Gasteiger partial charge in [-0.1, -0.05) is 0 Å². The van der Waals surface area contributed by atoms with Crippen molar-refractivity contribution >= 4 is 21.9 Å². The lowest BCUT2D eigenvalue weighted by atomic mass is 10.2. The zero-order valence-corrected chi connectivity index (χ0v) is 9.83. The summed E-state index contributed by atoms with van der Waals surface area (Å²) in [6.07, 6.45) is 2.95. The minimum absolute atomic E-state index is 0.197. The van der Waals surface area contributed by atoms with Crippen molar-refractivity contribution in [1.82, 2.24) is 9.97 Å². The van der Waals surface area contributed by atoms with E-state index in [0.717, 1.165) is 0 Å². The van der Waals surface area contributed by atoms with Gasteiger partial charge in [-0.25, -0.2) is 14.8 Å². The van der Waals surface area contributed by atoms with Crippen molar-refractivity contribution < 1.29 is 9.53 Å². The summed E-state index contributed by atoms with van der Waals surface area (Å²) in [7, 11) is 0. The Morgan fingerprint density at radius 2 is 1.93 bits per heavy atom. The molecule has 1 heterocycles. The Morgan fingerprint density at radius 3 is 2.43 bits per heavy atom. The Morgan fingerprint density at radius 1 is 1.36 bits per heavy atom. The van der Waals surface area contributed by atoms with Crippen molar-refractivity contribution in [3.63, 3.8) is 0 Å². The monoisotopic (exact) mass is 258 g/mol. The fourth-order valence-electron chi connectivity index (χ4n) is 0.784. The van der Waals surface area contributed by atoms with Crippen LogP contribution < -0.4 is 0 Å². The molecule has 0 aliphatic heterocycles. The van der Waals surface area contributed by atoms with Crippen LogP contribution in [0.4, 0.5) is 0 Å². The topological polar surface area (TPSA) is 52.1 Å². The van der Waals surface area contributed by atoms with Gasteiger partial charge in [0.05, 0.1) is 0 Å². The summed E-state index contributed by atoms with van der Waals surface area (Å²) in [5, 5.41) is 0. The lowest BCUT2D eigenvalue weighted by molar-refractivity contribution is 0.00611. The van der Waals surface area contributed by atoms with E-state index in [0.29, 0.717) is 4.60 Å². The summed E-state index contributed by atoms with van der Waals surface area (Å²) >= 11 is 3.13. The lowest BCUT2D eigenvalue weighted by Gasteiger charge is -2.19. The molecule has 1 aromatic rings. The summed E-state index contributed by atoms with van der Waals surface area (Å²) in [6, 6.07) is 0. The first-order chi connectivity index (χ1) is 6.40. The van der Waals surface area contributed by atoms with Crippen LogP contribution in [0.15, 0.2) is 17.0 Å². The molecule has 1 aromatic heterocycles. The summed E-state index contributed by atoms with van der Waals surface area (Å²) < 4.78 is 5.53. The molecule has 0 unspecified atom stereocenters. The van der Waals surface area contributed by atoms with Crippen LogP contribution in [0.25, 0.3) is 0 Å². The number of carbonyl (C=O) groups is 1. The highest BCUT2D eigenvalue weighted by molar-refractivity contribution is 9.10. The molecule has 0 amide bonds. The van der Waals surface area contributed by atoms with Crippen molar-refractivity contribution in [2.75, 3.05) is 0 Å². The van der Waals surface area contributed by atoms with Crippen LogP contribution in [-0.4, -0.2) is 21.5 Å². The zero-order chi connectivity index (χ0) is 10.8. The highest BCUT2D eigenvalue weighted by Gasteiger charge is 2.21.